The zero-order valence-electron chi connectivity index (χ0n) is 13.4. The fourth-order valence-electron chi connectivity index (χ4n) is 2.97. The van der Waals surface area contributed by atoms with Gasteiger partial charge in [0.15, 0.2) is 0 Å². The summed E-state index contributed by atoms with van der Waals surface area (Å²) in [6.07, 6.45) is 0.642. The Balaban J connectivity index is 2.94. The maximum absolute atomic E-state index is 11.4. The monoisotopic (exact) mass is 277 g/mol. The molecule has 0 aliphatic rings. The van der Waals surface area contributed by atoms with Crippen molar-refractivity contribution in [2.45, 2.75) is 60.0 Å². The summed E-state index contributed by atoms with van der Waals surface area (Å²) in [5.41, 5.74) is 4.89. The molecule has 2 unspecified atom stereocenters. The number of aryl methyl sites for hydroxylation is 3. The molecule has 0 radical (unpaired) electrons. The zero-order valence-corrected chi connectivity index (χ0v) is 13.4. The minimum absolute atomic E-state index is 0.0375. The Morgan fingerprint density at radius 1 is 1.15 bits per heavy atom. The molecule has 1 aromatic rings. The predicted molar refractivity (Wildman–Crippen MR) is 83.1 cm³/mol. The SMILES string of the molecule is Cc1cc(C)c(C(C)NC(CC(C)C)C(=O)O)c(C)c1. The smallest absolute Gasteiger partial charge is 0.320 e. The van der Waals surface area contributed by atoms with E-state index in [2.05, 4.69) is 38.2 Å². The normalized spacial score (nSPS) is 14.3. The molecule has 0 fully saturated rings. The second-order valence-electron chi connectivity index (χ2n) is 6.22. The van der Waals surface area contributed by atoms with E-state index in [1.54, 1.807) is 0 Å². The molecule has 1 aromatic carbocycles. The molecule has 1 rings (SSSR count). The molecule has 0 bridgehead atoms. The highest BCUT2D eigenvalue weighted by molar-refractivity contribution is 5.73. The number of aliphatic carboxylic acids is 1. The Hall–Kier alpha value is -1.35. The van der Waals surface area contributed by atoms with Gasteiger partial charge in [0.1, 0.15) is 6.04 Å². The highest BCUT2D eigenvalue weighted by Gasteiger charge is 2.22. The Morgan fingerprint density at radius 3 is 2.05 bits per heavy atom. The summed E-state index contributed by atoms with van der Waals surface area (Å²) in [5.74, 6) is -0.413. The van der Waals surface area contributed by atoms with Crippen molar-refractivity contribution in [3.63, 3.8) is 0 Å². The van der Waals surface area contributed by atoms with Crippen molar-refractivity contribution in [2.24, 2.45) is 5.92 Å². The van der Waals surface area contributed by atoms with Crippen LogP contribution >= 0.6 is 0 Å². The summed E-state index contributed by atoms with van der Waals surface area (Å²) in [5, 5.41) is 12.6. The van der Waals surface area contributed by atoms with Gasteiger partial charge in [-0.1, -0.05) is 31.5 Å². The van der Waals surface area contributed by atoms with Crippen LogP contribution in [0.2, 0.25) is 0 Å². The first kappa shape index (κ1) is 16.7. The summed E-state index contributed by atoms with van der Waals surface area (Å²) in [6.45, 7) is 12.4. The third-order valence-corrected chi connectivity index (χ3v) is 3.63. The van der Waals surface area contributed by atoms with Crippen LogP contribution in [0.15, 0.2) is 12.1 Å². The molecule has 3 heteroatoms. The molecule has 0 spiro atoms. The molecule has 0 aliphatic carbocycles. The summed E-state index contributed by atoms with van der Waals surface area (Å²) in [6, 6.07) is 3.85. The lowest BCUT2D eigenvalue weighted by molar-refractivity contribution is -0.140. The van der Waals surface area contributed by atoms with Gasteiger partial charge in [0.05, 0.1) is 0 Å². The van der Waals surface area contributed by atoms with Crippen LogP contribution in [0.1, 0.15) is 55.5 Å². The van der Waals surface area contributed by atoms with Crippen LogP contribution in [-0.2, 0) is 4.79 Å². The summed E-state index contributed by atoms with van der Waals surface area (Å²) in [7, 11) is 0. The summed E-state index contributed by atoms with van der Waals surface area (Å²) < 4.78 is 0. The van der Waals surface area contributed by atoms with Crippen LogP contribution < -0.4 is 5.32 Å². The van der Waals surface area contributed by atoms with Crippen molar-refractivity contribution in [3.8, 4) is 0 Å². The molecule has 112 valence electrons. The predicted octanol–water partition coefficient (Wildman–Crippen LogP) is 3.76. The molecule has 0 aromatic heterocycles. The van der Waals surface area contributed by atoms with Crippen molar-refractivity contribution in [1.29, 1.82) is 0 Å². The van der Waals surface area contributed by atoms with Gasteiger partial charge in [0.2, 0.25) is 0 Å². The topological polar surface area (TPSA) is 49.3 Å². The molecule has 20 heavy (non-hydrogen) atoms. The van der Waals surface area contributed by atoms with Gasteiger partial charge >= 0.3 is 5.97 Å². The van der Waals surface area contributed by atoms with Crippen molar-refractivity contribution < 1.29 is 9.90 Å². The van der Waals surface area contributed by atoms with E-state index in [1.165, 1.54) is 22.3 Å². The van der Waals surface area contributed by atoms with E-state index in [0.29, 0.717) is 12.3 Å². The van der Waals surface area contributed by atoms with Crippen molar-refractivity contribution in [1.82, 2.24) is 5.32 Å². The van der Waals surface area contributed by atoms with E-state index < -0.39 is 12.0 Å². The Morgan fingerprint density at radius 2 is 1.65 bits per heavy atom. The summed E-state index contributed by atoms with van der Waals surface area (Å²) >= 11 is 0. The summed E-state index contributed by atoms with van der Waals surface area (Å²) in [4.78, 5) is 11.4. The second-order valence-corrected chi connectivity index (χ2v) is 6.22. The van der Waals surface area contributed by atoms with Gasteiger partial charge < -0.3 is 5.11 Å². The number of carbonyl (C=O) groups is 1. The van der Waals surface area contributed by atoms with Gasteiger partial charge in [-0.3, -0.25) is 10.1 Å². The largest absolute Gasteiger partial charge is 0.480 e. The molecule has 0 saturated carbocycles. The number of hydrogen-bond donors (Lipinski definition) is 2. The molecule has 3 nitrogen and oxygen atoms in total. The number of rotatable bonds is 6. The third-order valence-electron chi connectivity index (χ3n) is 3.63. The maximum atomic E-state index is 11.4. The quantitative estimate of drug-likeness (QED) is 0.832. The zero-order chi connectivity index (χ0) is 15.4. The van der Waals surface area contributed by atoms with E-state index in [-0.39, 0.29) is 6.04 Å². The number of benzene rings is 1. The van der Waals surface area contributed by atoms with Crippen LogP contribution in [0.4, 0.5) is 0 Å². The van der Waals surface area contributed by atoms with E-state index >= 15 is 0 Å². The van der Waals surface area contributed by atoms with E-state index in [4.69, 9.17) is 0 Å². The Labute approximate surface area is 122 Å². The fourth-order valence-corrected chi connectivity index (χ4v) is 2.97. The number of nitrogens with one attached hydrogen (secondary N) is 1. The van der Waals surface area contributed by atoms with E-state index in [1.807, 2.05) is 20.8 Å². The average molecular weight is 277 g/mol. The van der Waals surface area contributed by atoms with Crippen LogP contribution in [0, 0.1) is 26.7 Å². The Bertz CT molecular complexity index is 457. The molecule has 2 N–H and O–H groups in total. The van der Waals surface area contributed by atoms with Gasteiger partial charge in [-0.25, -0.2) is 0 Å². The van der Waals surface area contributed by atoms with Crippen molar-refractivity contribution in [3.05, 3.63) is 34.4 Å². The second kappa shape index (κ2) is 6.89. The van der Waals surface area contributed by atoms with Crippen LogP contribution in [0.3, 0.4) is 0 Å². The lowest BCUT2D eigenvalue weighted by atomic mass is 9.93. The minimum atomic E-state index is -0.770. The number of carboxylic acid groups (broad SMARTS) is 1. The molecule has 0 heterocycles. The molecule has 0 aliphatic heterocycles. The minimum Gasteiger partial charge on any atom is -0.480 e. The van der Waals surface area contributed by atoms with Gasteiger partial charge in [-0.15, -0.1) is 0 Å². The first-order valence-corrected chi connectivity index (χ1v) is 7.29. The van der Waals surface area contributed by atoms with Crippen LogP contribution in [0.5, 0.6) is 0 Å². The van der Waals surface area contributed by atoms with Gasteiger partial charge in [-0.2, -0.15) is 0 Å². The van der Waals surface area contributed by atoms with Crippen molar-refractivity contribution >= 4 is 5.97 Å². The molecule has 2 atom stereocenters. The third kappa shape index (κ3) is 4.34. The maximum Gasteiger partial charge on any atom is 0.320 e. The average Bonchev–Trinajstić information content (AvgIpc) is 2.25. The lowest BCUT2D eigenvalue weighted by Crippen LogP contribution is -2.39. The standard InChI is InChI=1S/C17H27NO2/c1-10(2)7-15(17(19)20)18-14(6)16-12(4)8-11(3)9-13(16)5/h8-10,14-15,18H,7H2,1-6H3,(H,19,20). The van der Waals surface area contributed by atoms with Crippen LogP contribution in [-0.4, -0.2) is 17.1 Å². The van der Waals surface area contributed by atoms with Gasteiger partial charge in [0, 0.05) is 6.04 Å². The molecular weight excluding hydrogens is 250 g/mol. The molecule has 0 saturated heterocycles. The van der Waals surface area contributed by atoms with E-state index in [9.17, 15) is 9.90 Å². The first-order chi connectivity index (χ1) is 9.22. The number of carboxylic acids is 1. The van der Waals surface area contributed by atoms with Gasteiger partial charge in [0.25, 0.3) is 0 Å². The number of hydrogen-bond acceptors (Lipinski definition) is 2. The highest BCUT2D eigenvalue weighted by Crippen LogP contribution is 2.24. The van der Waals surface area contributed by atoms with E-state index in [0.717, 1.165) is 0 Å². The molecular formula is C17H27NO2. The molecule has 0 amide bonds. The van der Waals surface area contributed by atoms with Crippen molar-refractivity contribution in [2.75, 3.05) is 0 Å². The fraction of sp³-hybridized carbons (Fsp3) is 0.588. The van der Waals surface area contributed by atoms with Gasteiger partial charge in [-0.05, 0) is 56.7 Å². The Kier molecular flexibility index (Phi) is 5.75. The first-order valence-electron chi connectivity index (χ1n) is 7.29. The van der Waals surface area contributed by atoms with Crippen LogP contribution in [0.25, 0.3) is 0 Å². The highest BCUT2D eigenvalue weighted by atomic mass is 16.4. The lowest BCUT2D eigenvalue weighted by Gasteiger charge is -2.24.